The van der Waals surface area contributed by atoms with Gasteiger partial charge in [0.05, 0.1) is 0 Å². The molecule has 4 heteroatoms. The Morgan fingerprint density at radius 2 is 2.56 bits per heavy atom. The number of carbonyl (C=O) groups is 1. The van der Waals surface area contributed by atoms with Gasteiger partial charge in [-0.25, -0.2) is 0 Å². The van der Waals surface area contributed by atoms with Gasteiger partial charge in [-0.1, -0.05) is 0 Å². The predicted octanol–water partition coefficient (Wildman–Crippen LogP) is -0.469. The summed E-state index contributed by atoms with van der Waals surface area (Å²) in [4.78, 5) is 9.96. The first-order valence-corrected chi connectivity index (χ1v) is 2.62. The first kappa shape index (κ1) is 6.67. The van der Waals surface area contributed by atoms with Crippen LogP contribution in [0.2, 0.25) is 0 Å². The highest BCUT2D eigenvalue weighted by molar-refractivity contribution is 5.54. The first-order chi connectivity index (χ1) is 4.36. The number of rotatable bonds is 2. The van der Waals surface area contributed by atoms with E-state index in [1.54, 1.807) is 0 Å². The minimum absolute atomic E-state index is 0.333. The van der Waals surface area contributed by atoms with Gasteiger partial charge in [-0.05, 0) is 0 Å². The maximum atomic E-state index is 9.96. The molecule has 1 aliphatic rings. The minimum atomic E-state index is -0.727. The van der Waals surface area contributed by atoms with E-state index >= 15 is 0 Å². The SMILES string of the molecule is CO[C@H]1COC(C=O)O1. The summed E-state index contributed by atoms with van der Waals surface area (Å²) in [6, 6.07) is 0. The Balaban J connectivity index is 2.28. The van der Waals surface area contributed by atoms with Gasteiger partial charge in [0, 0.05) is 7.11 Å². The minimum Gasteiger partial charge on any atom is -0.353 e. The highest BCUT2D eigenvalue weighted by Crippen LogP contribution is 2.08. The van der Waals surface area contributed by atoms with Gasteiger partial charge in [-0.2, -0.15) is 0 Å². The highest BCUT2D eigenvalue weighted by atomic mass is 16.8. The van der Waals surface area contributed by atoms with Crippen molar-refractivity contribution < 1.29 is 19.0 Å². The Labute approximate surface area is 52.7 Å². The van der Waals surface area contributed by atoms with E-state index in [4.69, 9.17) is 14.2 Å². The molecule has 1 rings (SSSR count). The van der Waals surface area contributed by atoms with Crippen LogP contribution in [0.1, 0.15) is 0 Å². The lowest BCUT2D eigenvalue weighted by Gasteiger charge is -2.02. The largest absolute Gasteiger partial charge is 0.353 e. The van der Waals surface area contributed by atoms with Gasteiger partial charge >= 0.3 is 0 Å². The van der Waals surface area contributed by atoms with E-state index in [1.807, 2.05) is 0 Å². The van der Waals surface area contributed by atoms with E-state index in [0.29, 0.717) is 12.9 Å². The van der Waals surface area contributed by atoms with Crippen molar-refractivity contribution in [2.45, 2.75) is 12.6 Å². The molecule has 1 saturated heterocycles. The van der Waals surface area contributed by atoms with Crippen LogP contribution < -0.4 is 0 Å². The summed E-state index contributed by atoms with van der Waals surface area (Å²) in [7, 11) is 1.50. The molecule has 0 N–H and O–H groups in total. The smallest absolute Gasteiger partial charge is 0.217 e. The Bertz CT molecular complexity index is 103. The molecular weight excluding hydrogens is 124 g/mol. The summed E-state index contributed by atoms with van der Waals surface area (Å²) >= 11 is 0. The molecular formula is C5H8O4. The standard InChI is InChI=1S/C5H8O4/c1-7-5-3-8-4(2-6)9-5/h2,4-5H,3H2,1H3/t4?,5-/m1/s1. The van der Waals surface area contributed by atoms with Crippen molar-refractivity contribution in [2.24, 2.45) is 0 Å². The van der Waals surface area contributed by atoms with Crippen LogP contribution in [0.25, 0.3) is 0 Å². The van der Waals surface area contributed by atoms with Crippen molar-refractivity contribution >= 4 is 6.29 Å². The van der Waals surface area contributed by atoms with Gasteiger partial charge in [0.2, 0.25) is 6.29 Å². The van der Waals surface area contributed by atoms with E-state index in [2.05, 4.69) is 0 Å². The van der Waals surface area contributed by atoms with Crippen molar-refractivity contribution in [3.05, 3.63) is 0 Å². The summed E-state index contributed by atoms with van der Waals surface area (Å²) in [5.74, 6) is 0. The Kier molecular flexibility index (Phi) is 2.16. The zero-order valence-corrected chi connectivity index (χ0v) is 5.07. The molecule has 0 aliphatic carbocycles. The molecule has 2 atom stereocenters. The van der Waals surface area contributed by atoms with Crippen molar-refractivity contribution in [1.29, 1.82) is 0 Å². The van der Waals surface area contributed by atoms with Crippen molar-refractivity contribution in [3.63, 3.8) is 0 Å². The van der Waals surface area contributed by atoms with E-state index in [0.717, 1.165) is 0 Å². The summed E-state index contributed by atoms with van der Waals surface area (Å²) in [6.45, 7) is 0.333. The van der Waals surface area contributed by atoms with Gasteiger partial charge in [-0.15, -0.1) is 0 Å². The Morgan fingerprint density at radius 3 is 2.89 bits per heavy atom. The van der Waals surface area contributed by atoms with E-state index in [1.165, 1.54) is 7.11 Å². The van der Waals surface area contributed by atoms with E-state index in [9.17, 15) is 4.79 Å². The summed E-state index contributed by atoms with van der Waals surface area (Å²) in [5.41, 5.74) is 0. The number of ether oxygens (including phenoxy) is 3. The third kappa shape index (κ3) is 1.48. The predicted molar refractivity (Wildman–Crippen MR) is 27.7 cm³/mol. The lowest BCUT2D eigenvalue weighted by molar-refractivity contribution is -0.148. The number of methoxy groups -OCH3 is 1. The molecule has 0 amide bonds. The molecule has 0 bridgehead atoms. The maximum absolute atomic E-state index is 9.96. The first-order valence-electron chi connectivity index (χ1n) is 2.62. The lowest BCUT2D eigenvalue weighted by atomic mass is 10.7. The maximum Gasteiger partial charge on any atom is 0.217 e. The van der Waals surface area contributed by atoms with Crippen LogP contribution in [-0.2, 0) is 19.0 Å². The Hall–Kier alpha value is -0.450. The molecule has 1 aliphatic heterocycles. The third-order valence-electron chi connectivity index (χ3n) is 1.06. The fraction of sp³-hybridized carbons (Fsp3) is 0.800. The van der Waals surface area contributed by atoms with Crippen LogP contribution in [0.4, 0.5) is 0 Å². The zero-order chi connectivity index (χ0) is 6.69. The van der Waals surface area contributed by atoms with Crippen LogP contribution in [0, 0.1) is 0 Å². The van der Waals surface area contributed by atoms with Gasteiger partial charge in [0.15, 0.2) is 12.6 Å². The van der Waals surface area contributed by atoms with Gasteiger partial charge < -0.3 is 14.2 Å². The van der Waals surface area contributed by atoms with Crippen LogP contribution in [0.5, 0.6) is 0 Å². The molecule has 52 valence electrons. The average Bonchev–Trinajstić information content (AvgIpc) is 2.34. The molecule has 1 heterocycles. The molecule has 0 aromatic carbocycles. The van der Waals surface area contributed by atoms with Crippen molar-refractivity contribution in [3.8, 4) is 0 Å². The van der Waals surface area contributed by atoms with Crippen LogP contribution in [0.15, 0.2) is 0 Å². The fourth-order valence-electron chi connectivity index (χ4n) is 0.597. The van der Waals surface area contributed by atoms with Gasteiger partial charge in [0.25, 0.3) is 0 Å². The number of carbonyl (C=O) groups excluding carboxylic acids is 1. The molecule has 4 nitrogen and oxygen atoms in total. The van der Waals surface area contributed by atoms with Crippen LogP contribution >= 0.6 is 0 Å². The second kappa shape index (κ2) is 2.91. The number of hydrogen-bond donors (Lipinski definition) is 0. The molecule has 1 unspecified atom stereocenters. The Morgan fingerprint density at radius 1 is 1.78 bits per heavy atom. The van der Waals surface area contributed by atoms with Crippen molar-refractivity contribution in [2.75, 3.05) is 13.7 Å². The quantitative estimate of drug-likeness (QED) is 0.476. The molecule has 0 spiro atoms. The summed E-state index contributed by atoms with van der Waals surface area (Å²) in [6.07, 6.45) is -0.505. The van der Waals surface area contributed by atoms with Crippen LogP contribution in [-0.4, -0.2) is 32.6 Å². The van der Waals surface area contributed by atoms with Crippen molar-refractivity contribution in [1.82, 2.24) is 0 Å². The molecule has 1 fully saturated rings. The molecule has 0 aromatic rings. The molecule has 0 saturated carbocycles. The van der Waals surface area contributed by atoms with E-state index in [-0.39, 0.29) is 6.29 Å². The average molecular weight is 132 g/mol. The molecule has 0 aromatic heterocycles. The lowest BCUT2D eigenvalue weighted by Crippen LogP contribution is -2.14. The zero-order valence-electron chi connectivity index (χ0n) is 5.07. The second-order valence-corrected chi connectivity index (χ2v) is 1.64. The molecule has 9 heavy (non-hydrogen) atoms. The summed E-state index contributed by atoms with van der Waals surface area (Å²) < 4.78 is 14.4. The van der Waals surface area contributed by atoms with Gasteiger partial charge in [-0.3, -0.25) is 4.79 Å². The fourth-order valence-corrected chi connectivity index (χ4v) is 0.597. The summed E-state index contributed by atoms with van der Waals surface area (Å²) in [5, 5.41) is 0. The second-order valence-electron chi connectivity index (χ2n) is 1.64. The monoisotopic (exact) mass is 132 g/mol. The van der Waals surface area contributed by atoms with Crippen LogP contribution in [0.3, 0.4) is 0 Å². The van der Waals surface area contributed by atoms with Gasteiger partial charge in [0.1, 0.15) is 6.61 Å². The highest BCUT2D eigenvalue weighted by Gasteiger charge is 2.24. The molecule has 0 radical (unpaired) electrons. The third-order valence-corrected chi connectivity index (χ3v) is 1.06. The van der Waals surface area contributed by atoms with E-state index < -0.39 is 6.29 Å². The topological polar surface area (TPSA) is 44.8 Å². The normalized spacial score (nSPS) is 34.8. The number of hydrogen-bond acceptors (Lipinski definition) is 4. The number of aldehydes is 1.